The van der Waals surface area contributed by atoms with Crippen molar-refractivity contribution in [3.63, 3.8) is 0 Å². The Hall–Kier alpha value is -5.43. The van der Waals surface area contributed by atoms with E-state index in [1.807, 2.05) is 0 Å². The SMILES string of the molecule is COC(=O)c1cccc(C(=O)Oc2ccc(S(=O)(=O)c3ccc(OC(=O)c4cccc(C(=O)OC)n4)cc3)cc2)n1. The lowest BCUT2D eigenvalue weighted by Crippen LogP contribution is -2.14. The maximum Gasteiger partial charge on any atom is 0.362 e. The van der Waals surface area contributed by atoms with Crippen molar-refractivity contribution in [2.45, 2.75) is 9.79 Å². The highest BCUT2D eigenvalue weighted by Crippen LogP contribution is 2.25. The Kier molecular flexibility index (Phi) is 8.48. The molecule has 2 heterocycles. The Morgan fingerprint density at radius 2 is 0.829 bits per heavy atom. The first-order chi connectivity index (χ1) is 19.6. The molecular weight excluding hydrogens is 556 g/mol. The summed E-state index contributed by atoms with van der Waals surface area (Å²) in [6.07, 6.45) is 0. The minimum absolute atomic E-state index is 0.0476. The summed E-state index contributed by atoms with van der Waals surface area (Å²) in [6, 6.07) is 18.5. The minimum atomic E-state index is -3.98. The molecule has 0 saturated carbocycles. The monoisotopic (exact) mass is 576 g/mol. The zero-order valence-corrected chi connectivity index (χ0v) is 22.3. The van der Waals surface area contributed by atoms with Gasteiger partial charge >= 0.3 is 23.9 Å². The summed E-state index contributed by atoms with van der Waals surface area (Å²) in [5, 5.41) is 0. The predicted octanol–water partition coefficient (Wildman–Crippen LogP) is 3.32. The zero-order chi connectivity index (χ0) is 29.6. The fourth-order valence-corrected chi connectivity index (χ4v) is 4.62. The summed E-state index contributed by atoms with van der Waals surface area (Å²) >= 11 is 0. The van der Waals surface area contributed by atoms with E-state index in [1.165, 1.54) is 99.1 Å². The number of rotatable bonds is 8. The molecular formula is C28H20N2O10S. The summed E-state index contributed by atoms with van der Waals surface area (Å²) in [7, 11) is -1.61. The number of aromatic nitrogens is 2. The van der Waals surface area contributed by atoms with Gasteiger partial charge in [0.05, 0.1) is 24.0 Å². The second-order valence-corrected chi connectivity index (χ2v) is 9.97. The molecule has 0 radical (unpaired) electrons. The summed E-state index contributed by atoms with van der Waals surface area (Å²) in [5.74, 6) is -3.06. The summed E-state index contributed by atoms with van der Waals surface area (Å²) in [4.78, 5) is 55.7. The number of sulfone groups is 1. The van der Waals surface area contributed by atoms with E-state index in [0.29, 0.717) is 0 Å². The third kappa shape index (κ3) is 6.59. The van der Waals surface area contributed by atoms with E-state index < -0.39 is 33.7 Å². The van der Waals surface area contributed by atoms with E-state index in [2.05, 4.69) is 19.4 Å². The van der Waals surface area contributed by atoms with Gasteiger partial charge in [-0.05, 0) is 72.8 Å². The van der Waals surface area contributed by atoms with Crippen molar-refractivity contribution in [3.05, 3.63) is 108 Å². The van der Waals surface area contributed by atoms with Gasteiger partial charge < -0.3 is 18.9 Å². The molecule has 12 nitrogen and oxygen atoms in total. The van der Waals surface area contributed by atoms with Gasteiger partial charge in [-0.3, -0.25) is 0 Å². The molecule has 4 rings (SSSR count). The van der Waals surface area contributed by atoms with Crippen LogP contribution in [0.3, 0.4) is 0 Å². The lowest BCUT2D eigenvalue weighted by Gasteiger charge is -2.09. The number of hydrogen-bond acceptors (Lipinski definition) is 12. The maximum atomic E-state index is 13.1. The Bertz CT molecular complexity index is 1610. The molecule has 0 aliphatic carbocycles. The zero-order valence-electron chi connectivity index (χ0n) is 21.5. The molecule has 0 spiro atoms. The normalized spacial score (nSPS) is 10.8. The number of hydrogen-bond donors (Lipinski definition) is 0. The van der Waals surface area contributed by atoms with Crippen molar-refractivity contribution >= 4 is 33.7 Å². The smallest absolute Gasteiger partial charge is 0.362 e. The van der Waals surface area contributed by atoms with E-state index >= 15 is 0 Å². The van der Waals surface area contributed by atoms with Crippen molar-refractivity contribution in [2.75, 3.05) is 14.2 Å². The molecule has 0 fully saturated rings. The van der Waals surface area contributed by atoms with Gasteiger partial charge in [-0.2, -0.15) is 0 Å². The Labute approximate surface area is 233 Å². The van der Waals surface area contributed by atoms with Crippen LogP contribution in [0.25, 0.3) is 0 Å². The molecule has 0 aliphatic heterocycles. The highest BCUT2D eigenvalue weighted by molar-refractivity contribution is 7.91. The average molecular weight is 577 g/mol. The fraction of sp³-hybridized carbons (Fsp3) is 0.0714. The number of methoxy groups -OCH3 is 2. The van der Waals surface area contributed by atoms with Crippen LogP contribution in [0.4, 0.5) is 0 Å². The number of carbonyl (C=O) groups excluding carboxylic acids is 4. The van der Waals surface area contributed by atoms with Crippen molar-refractivity contribution in [3.8, 4) is 11.5 Å². The highest BCUT2D eigenvalue weighted by atomic mass is 32.2. The summed E-state index contributed by atoms with van der Waals surface area (Å²) in [5.41, 5.74) is -0.433. The molecule has 0 unspecified atom stereocenters. The van der Waals surface area contributed by atoms with Crippen molar-refractivity contribution in [1.29, 1.82) is 0 Å². The van der Waals surface area contributed by atoms with Crippen LogP contribution in [0.2, 0.25) is 0 Å². The molecule has 0 N–H and O–H groups in total. The quantitative estimate of drug-likeness (QED) is 0.222. The van der Waals surface area contributed by atoms with Crippen LogP contribution >= 0.6 is 0 Å². The van der Waals surface area contributed by atoms with Crippen LogP contribution in [0.5, 0.6) is 11.5 Å². The lowest BCUT2D eigenvalue weighted by molar-refractivity contribution is 0.0583. The third-order valence-corrected chi connectivity index (χ3v) is 7.18. The van der Waals surface area contributed by atoms with Gasteiger partial charge in [-0.25, -0.2) is 37.6 Å². The number of nitrogens with zero attached hydrogens (tertiary/aromatic N) is 2. The molecule has 2 aromatic carbocycles. The molecule has 13 heteroatoms. The van der Waals surface area contributed by atoms with Crippen molar-refractivity contribution in [1.82, 2.24) is 9.97 Å². The molecule has 41 heavy (non-hydrogen) atoms. The second-order valence-electron chi connectivity index (χ2n) is 8.02. The van der Waals surface area contributed by atoms with E-state index in [9.17, 15) is 27.6 Å². The van der Waals surface area contributed by atoms with Crippen LogP contribution in [-0.4, -0.2) is 56.5 Å². The van der Waals surface area contributed by atoms with Crippen molar-refractivity contribution < 1.29 is 46.5 Å². The maximum absolute atomic E-state index is 13.1. The van der Waals surface area contributed by atoms with E-state index in [-0.39, 0.29) is 44.1 Å². The summed E-state index contributed by atoms with van der Waals surface area (Å²) < 4.78 is 45.8. The van der Waals surface area contributed by atoms with Gasteiger partial charge in [0.2, 0.25) is 9.84 Å². The molecule has 2 aromatic heterocycles. The third-order valence-electron chi connectivity index (χ3n) is 5.39. The number of pyridine rings is 2. The molecule has 0 atom stereocenters. The molecule has 0 saturated heterocycles. The predicted molar refractivity (Wildman–Crippen MR) is 139 cm³/mol. The minimum Gasteiger partial charge on any atom is -0.464 e. The number of esters is 4. The largest absolute Gasteiger partial charge is 0.464 e. The van der Waals surface area contributed by atoms with E-state index in [4.69, 9.17) is 9.47 Å². The first-order valence-electron chi connectivity index (χ1n) is 11.6. The van der Waals surface area contributed by atoms with Gasteiger partial charge in [0.25, 0.3) is 0 Å². The molecule has 0 aliphatic rings. The number of carbonyl (C=O) groups is 4. The van der Waals surface area contributed by atoms with Gasteiger partial charge in [-0.15, -0.1) is 0 Å². The van der Waals surface area contributed by atoms with Crippen LogP contribution in [0.15, 0.2) is 94.7 Å². The average Bonchev–Trinajstić information content (AvgIpc) is 3.00. The van der Waals surface area contributed by atoms with Crippen molar-refractivity contribution in [2.24, 2.45) is 0 Å². The van der Waals surface area contributed by atoms with Gasteiger partial charge in [0.15, 0.2) is 0 Å². The molecule has 0 bridgehead atoms. The molecule has 208 valence electrons. The Morgan fingerprint density at radius 3 is 1.15 bits per heavy atom. The van der Waals surface area contributed by atoms with Crippen LogP contribution in [0.1, 0.15) is 42.0 Å². The second kappa shape index (κ2) is 12.2. The van der Waals surface area contributed by atoms with Gasteiger partial charge in [0.1, 0.15) is 34.3 Å². The van der Waals surface area contributed by atoms with E-state index in [0.717, 1.165) is 0 Å². The van der Waals surface area contributed by atoms with E-state index in [1.54, 1.807) is 0 Å². The van der Waals surface area contributed by atoms with Gasteiger partial charge in [0, 0.05) is 0 Å². The van der Waals surface area contributed by atoms with Crippen LogP contribution < -0.4 is 9.47 Å². The fourth-order valence-electron chi connectivity index (χ4n) is 3.36. The number of benzene rings is 2. The van der Waals surface area contributed by atoms with Crippen LogP contribution in [-0.2, 0) is 19.3 Å². The van der Waals surface area contributed by atoms with Crippen LogP contribution in [0, 0.1) is 0 Å². The summed E-state index contributed by atoms with van der Waals surface area (Å²) in [6.45, 7) is 0. The molecule has 0 amide bonds. The lowest BCUT2D eigenvalue weighted by atomic mass is 10.3. The first-order valence-corrected chi connectivity index (χ1v) is 13.1. The Balaban J connectivity index is 1.43. The Morgan fingerprint density at radius 1 is 0.512 bits per heavy atom. The standard InChI is InChI=1S/C28H20N2O10S/c1-37-25(31)21-5-3-7-23(29-21)27(33)39-17-9-13-19(14-10-17)41(35,36)20-15-11-18(12-16-20)40-28(34)24-8-4-6-22(30-24)26(32)38-2/h3-16H,1-2H3. The highest BCUT2D eigenvalue weighted by Gasteiger charge is 2.20. The molecule has 4 aromatic rings. The van der Waals surface area contributed by atoms with Gasteiger partial charge in [-0.1, -0.05) is 12.1 Å². The topological polar surface area (TPSA) is 165 Å². The first kappa shape index (κ1) is 28.6. The number of ether oxygens (including phenoxy) is 4.